The van der Waals surface area contributed by atoms with Gasteiger partial charge in [0.05, 0.1) is 5.60 Å². The molecule has 2 rings (SSSR count). The molecule has 0 saturated heterocycles. The maximum absolute atomic E-state index is 7.75. The van der Waals surface area contributed by atoms with Gasteiger partial charge < -0.3 is 15.4 Å². The Bertz CT molecular complexity index is 557. The van der Waals surface area contributed by atoms with Gasteiger partial charge in [0.1, 0.15) is 0 Å². The number of nitrogens with one attached hydrogen (secondary N) is 2. The van der Waals surface area contributed by atoms with E-state index in [1.54, 1.807) is 0 Å². The van der Waals surface area contributed by atoms with E-state index in [4.69, 9.17) is 10.1 Å². The van der Waals surface area contributed by atoms with Crippen LogP contribution in [0.25, 0.3) is 0 Å². The number of hydrogen-bond donors (Lipinski definition) is 2. The lowest BCUT2D eigenvalue weighted by Crippen LogP contribution is -2.42. The van der Waals surface area contributed by atoms with Crippen molar-refractivity contribution in [3.05, 3.63) is 23.8 Å². The average Bonchev–Trinajstić information content (AvgIpc) is 2.54. The van der Waals surface area contributed by atoms with Crippen molar-refractivity contribution in [2.24, 2.45) is 5.41 Å². The van der Waals surface area contributed by atoms with Crippen molar-refractivity contribution in [3.8, 4) is 0 Å². The van der Waals surface area contributed by atoms with Gasteiger partial charge in [-0.1, -0.05) is 57.6 Å². The van der Waals surface area contributed by atoms with Crippen molar-refractivity contribution >= 4 is 24.8 Å². The van der Waals surface area contributed by atoms with E-state index in [0.717, 1.165) is 16.7 Å². The minimum atomic E-state index is -0.198. The van der Waals surface area contributed by atoms with Gasteiger partial charge in [-0.25, -0.2) is 0 Å². The molecule has 0 spiro atoms. The second kappa shape index (κ2) is 7.73. The fourth-order valence-corrected chi connectivity index (χ4v) is 2.90. The summed E-state index contributed by atoms with van der Waals surface area (Å²) in [7, 11) is 0.578. The van der Waals surface area contributed by atoms with Crippen LogP contribution in [0, 0.1) is 10.8 Å². The predicted molar refractivity (Wildman–Crippen MR) is 106 cm³/mol. The highest BCUT2D eigenvalue weighted by Gasteiger charge is 2.33. The molecule has 1 aromatic carbocycles. The predicted octanol–water partition coefficient (Wildman–Crippen LogP) is 4.25. The molecular weight excluding hydrogens is 295 g/mol. The first kappa shape index (κ1) is 19.0. The van der Waals surface area contributed by atoms with E-state index in [0.29, 0.717) is 13.5 Å². The van der Waals surface area contributed by atoms with Crippen LogP contribution in [0.3, 0.4) is 0 Å². The fourth-order valence-electron chi connectivity index (χ4n) is 2.90. The standard InChI is InChI=1S/C20H33BN2O/c1-19(2,3)20(4,5)24-21-16-11-12-18(15(13-16)14-22)23-17-9-7-6-8-10-17/h11-14,17,21-23H,6-10H2,1-5H3. The van der Waals surface area contributed by atoms with Crippen LogP contribution in [-0.4, -0.2) is 25.3 Å². The van der Waals surface area contributed by atoms with E-state index in [1.165, 1.54) is 38.3 Å². The maximum atomic E-state index is 7.75. The Morgan fingerprint density at radius 3 is 2.38 bits per heavy atom. The monoisotopic (exact) mass is 328 g/mol. The molecule has 3 nitrogen and oxygen atoms in total. The number of benzene rings is 1. The van der Waals surface area contributed by atoms with Gasteiger partial charge in [0, 0.05) is 23.5 Å². The molecule has 0 bridgehead atoms. The Morgan fingerprint density at radius 2 is 1.79 bits per heavy atom. The normalized spacial score (nSPS) is 16.7. The first-order valence-corrected chi connectivity index (χ1v) is 9.27. The van der Waals surface area contributed by atoms with Crippen molar-refractivity contribution in [2.45, 2.75) is 78.4 Å². The second-order valence-corrected chi connectivity index (χ2v) is 8.59. The summed E-state index contributed by atoms with van der Waals surface area (Å²) in [5, 5.41) is 11.4. The molecule has 0 heterocycles. The molecule has 24 heavy (non-hydrogen) atoms. The Hall–Kier alpha value is -1.29. The summed E-state index contributed by atoms with van der Waals surface area (Å²) in [5.74, 6) is 0. The SMILES string of the molecule is CC(C)(C)C(C)(C)OBc1ccc(NC2CCCCC2)c(C=N)c1. The highest BCUT2D eigenvalue weighted by molar-refractivity contribution is 6.47. The van der Waals surface area contributed by atoms with Crippen LogP contribution in [0.5, 0.6) is 0 Å². The van der Waals surface area contributed by atoms with Crippen molar-refractivity contribution in [2.75, 3.05) is 5.32 Å². The third kappa shape index (κ3) is 4.86. The first-order chi connectivity index (χ1) is 11.2. The largest absolute Gasteiger partial charge is 0.429 e. The van der Waals surface area contributed by atoms with E-state index in [2.05, 4.69) is 58.1 Å². The van der Waals surface area contributed by atoms with Gasteiger partial charge in [0.2, 0.25) is 0 Å². The van der Waals surface area contributed by atoms with Gasteiger partial charge in [0.15, 0.2) is 0 Å². The summed E-state index contributed by atoms with van der Waals surface area (Å²) in [6, 6.07) is 6.87. The molecule has 1 aliphatic carbocycles. The average molecular weight is 328 g/mol. The summed E-state index contributed by atoms with van der Waals surface area (Å²) in [6.07, 6.45) is 7.90. The van der Waals surface area contributed by atoms with Crippen molar-refractivity contribution in [1.82, 2.24) is 0 Å². The minimum absolute atomic E-state index is 0.0832. The van der Waals surface area contributed by atoms with Gasteiger partial charge in [-0.2, -0.15) is 0 Å². The molecule has 0 unspecified atom stereocenters. The van der Waals surface area contributed by atoms with E-state index in [9.17, 15) is 0 Å². The van der Waals surface area contributed by atoms with Gasteiger partial charge >= 0.3 is 7.48 Å². The van der Waals surface area contributed by atoms with Crippen molar-refractivity contribution in [3.63, 3.8) is 0 Å². The molecule has 0 amide bonds. The molecule has 0 aromatic heterocycles. The maximum Gasteiger partial charge on any atom is 0.309 e. The molecule has 4 heteroatoms. The van der Waals surface area contributed by atoms with Crippen LogP contribution in [0.15, 0.2) is 18.2 Å². The number of hydrogen-bond acceptors (Lipinski definition) is 3. The Kier molecular flexibility index (Phi) is 6.14. The summed E-state index contributed by atoms with van der Waals surface area (Å²) in [6.45, 7) is 10.9. The van der Waals surface area contributed by atoms with E-state index >= 15 is 0 Å². The Balaban J connectivity index is 2.04. The van der Waals surface area contributed by atoms with Crippen LogP contribution in [0.1, 0.15) is 72.3 Å². The fraction of sp³-hybridized carbons (Fsp3) is 0.650. The van der Waals surface area contributed by atoms with Crippen LogP contribution in [0.2, 0.25) is 0 Å². The lowest BCUT2D eigenvalue weighted by Gasteiger charge is -2.39. The molecule has 2 N–H and O–H groups in total. The third-order valence-electron chi connectivity index (χ3n) is 5.64. The molecule has 1 aliphatic rings. The smallest absolute Gasteiger partial charge is 0.309 e. The van der Waals surface area contributed by atoms with Gasteiger partial charge in [-0.15, -0.1) is 0 Å². The summed E-state index contributed by atoms with van der Waals surface area (Å²) < 4.78 is 6.17. The zero-order valence-electron chi connectivity index (χ0n) is 16.0. The van der Waals surface area contributed by atoms with Crippen LogP contribution in [-0.2, 0) is 4.65 Å². The summed E-state index contributed by atoms with van der Waals surface area (Å²) in [4.78, 5) is 0. The topological polar surface area (TPSA) is 45.1 Å². The Labute approximate surface area is 148 Å². The molecule has 0 atom stereocenters. The summed E-state index contributed by atoms with van der Waals surface area (Å²) >= 11 is 0. The lowest BCUT2D eigenvalue weighted by atomic mass is 9.76. The Morgan fingerprint density at radius 1 is 1.12 bits per heavy atom. The van der Waals surface area contributed by atoms with Gasteiger partial charge in [-0.05, 0) is 38.2 Å². The quantitative estimate of drug-likeness (QED) is 0.606. The number of rotatable bonds is 6. The van der Waals surface area contributed by atoms with Crippen LogP contribution in [0.4, 0.5) is 5.69 Å². The van der Waals surface area contributed by atoms with Crippen LogP contribution >= 0.6 is 0 Å². The molecule has 0 radical (unpaired) electrons. The second-order valence-electron chi connectivity index (χ2n) is 8.59. The van der Waals surface area contributed by atoms with E-state index in [-0.39, 0.29) is 11.0 Å². The molecule has 1 aromatic rings. The van der Waals surface area contributed by atoms with Gasteiger partial charge in [-0.3, -0.25) is 0 Å². The van der Waals surface area contributed by atoms with Crippen molar-refractivity contribution in [1.29, 1.82) is 5.41 Å². The summed E-state index contributed by atoms with van der Waals surface area (Å²) in [5.41, 5.74) is 3.04. The number of anilines is 1. The van der Waals surface area contributed by atoms with Crippen LogP contribution < -0.4 is 10.8 Å². The van der Waals surface area contributed by atoms with Crippen molar-refractivity contribution < 1.29 is 4.65 Å². The zero-order chi connectivity index (χ0) is 17.8. The minimum Gasteiger partial charge on any atom is -0.429 e. The highest BCUT2D eigenvalue weighted by Crippen LogP contribution is 2.32. The first-order valence-electron chi connectivity index (χ1n) is 9.27. The molecule has 1 saturated carbocycles. The van der Waals surface area contributed by atoms with E-state index < -0.39 is 0 Å². The molecular formula is C20H33BN2O. The highest BCUT2D eigenvalue weighted by atomic mass is 16.5. The zero-order valence-corrected chi connectivity index (χ0v) is 16.0. The van der Waals surface area contributed by atoms with Gasteiger partial charge in [0.25, 0.3) is 0 Å². The molecule has 0 aliphatic heterocycles. The van der Waals surface area contributed by atoms with E-state index in [1.807, 2.05) is 0 Å². The third-order valence-corrected chi connectivity index (χ3v) is 5.64. The lowest BCUT2D eigenvalue weighted by molar-refractivity contribution is 0.00504. The molecule has 1 fully saturated rings. The molecule has 132 valence electrons.